The van der Waals surface area contributed by atoms with E-state index in [4.69, 9.17) is 19.9 Å². The molecule has 0 bridgehead atoms. The molecule has 2 aromatic carbocycles. The minimum absolute atomic E-state index is 0.408. The highest BCUT2D eigenvalue weighted by molar-refractivity contribution is 7.14. The van der Waals surface area contributed by atoms with Gasteiger partial charge in [-0.15, -0.1) is 11.3 Å². The molecular formula is C19H20N4O3S. The van der Waals surface area contributed by atoms with Gasteiger partial charge in [-0.25, -0.2) is 4.98 Å². The molecule has 0 amide bonds. The van der Waals surface area contributed by atoms with Crippen LogP contribution in [0.15, 0.2) is 59.0 Å². The normalized spacial score (nSPS) is 10.7. The number of aromatic nitrogens is 1. The maximum absolute atomic E-state index is 5.75. The van der Waals surface area contributed by atoms with Crippen molar-refractivity contribution in [2.75, 3.05) is 31.5 Å². The van der Waals surface area contributed by atoms with Gasteiger partial charge in [-0.3, -0.25) is 5.43 Å². The minimum atomic E-state index is 0.408. The first-order valence-corrected chi connectivity index (χ1v) is 9.11. The van der Waals surface area contributed by atoms with Gasteiger partial charge in [-0.1, -0.05) is 18.2 Å². The Hall–Kier alpha value is -3.26. The van der Waals surface area contributed by atoms with Crippen molar-refractivity contribution in [3.05, 3.63) is 59.5 Å². The molecule has 8 heteroatoms. The van der Waals surface area contributed by atoms with Crippen LogP contribution in [0.5, 0.6) is 17.2 Å². The van der Waals surface area contributed by atoms with Gasteiger partial charge in [0, 0.05) is 5.38 Å². The number of anilines is 2. The van der Waals surface area contributed by atoms with Gasteiger partial charge in [0.05, 0.1) is 13.3 Å². The van der Waals surface area contributed by atoms with Crippen molar-refractivity contribution in [3.63, 3.8) is 0 Å². The fourth-order valence-corrected chi connectivity index (χ4v) is 2.76. The average Bonchev–Trinajstić information content (AvgIpc) is 3.11. The van der Waals surface area contributed by atoms with E-state index in [9.17, 15) is 0 Å². The number of thiazole rings is 1. The van der Waals surface area contributed by atoms with E-state index in [1.54, 1.807) is 18.7 Å². The van der Waals surface area contributed by atoms with Crippen molar-refractivity contribution < 1.29 is 14.2 Å². The van der Waals surface area contributed by atoms with Crippen molar-refractivity contribution >= 4 is 28.5 Å². The Morgan fingerprint density at radius 2 is 1.93 bits per heavy atom. The number of ether oxygens (including phenoxy) is 3. The summed E-state index contributed by atoms with van der Waals surface area (Å²) in [6, 6.07) is 15.2. The number of nitrogens with one attached hydrogen (secondary N) is 1. The molecule has 0 aliphatic carbocycles. The Bertz CT molecular complexity index is 884. The lowest BCUT2D eigenvalue weighted by molar-refractivity contribution is 0.211. The van der Waals surface area contributed by atoms with Crippen LogP contribution >= 0.6 is 11.3 Å². The van der Waals surface area contributed by atoms with Gasteiger partial charge in [-0.05, 0) is 35.9 Å². The van der Waals surface area contributed by atoms with Gasteiger partial charge in [0.15, 0.2) is 11.5 Å². The van der Waals surface area contributed by atoms with Gasteiger partial charge in [0.2, 0.25) is 5.13 Å². The number of nitrogens with zero attached hydrogens (tertiary/aromatic N) is 2. The zero-order valence-electron chi connectivity index (χ0n) is 14.8. The summed E-state index contributed by atoms with van der Waals surface area (Å²) in [6.07, 6.45) is 1.67. The SMILES string of the molecule is COc1cc(C=NNc2nc(N)cs2)ccc1OCCOc1ccccc1. The van der Waals surface area contributed by atoms with Crippen molar-refractivity contribution in [3.8, 4) is 17.2 Å². The number of hydrazone groups is 1. The van der Waals surface area contributed by atoms with E-state index in [1.165, 1.54) is 11.3 Å². The summed E-state index contributed by atoms with van der Waals surface area (Å²) in [5, 5.41) is 6.52. The van der Waals surface area contributed by atoms with E-state index in [-0.39, 0.29) is 0 Å². The quantitative estimate of drug-likeness (QED) is 0.332. The van der Waals surface area contributed by atoms with Crippen LogP contribution in [0, 0.1) is 0 Å². The molecule has 1 heterocycles. The number of nitrogens with two attached hydrogens (primary N) is 1. The highest BCUT2D eigenvalue weighted by Crippen LogP contribution is 2.27. The lowest BCUT2D eigenvalue weighted by atomic mass is 10.2. The number of nitrogen functional groups attached to an aromatic ring is 1. The zero-order valence-corrected chi connectivity index (χ0v) is 15.6. The maximum atomic E-state index is 5.75. The molecule has 0 unspecified atom stereocenters. The molecule has 140 valence electrons. The fraction of sp³-hybridized carbons (Fsp3) is 0.158. The summed E-state index contributed by atoms with van der Waals surface area (Å²) in [4.78, 5) is 4.07. The van der Waals surface area contributed by atoms with Crippen LogP contribution in [0.2, 0.25) is 0 Å². The van der Waals surface area contributed by atoms with Crippen molar-refractivity contribution in [1.82, 2.24) is 4.98 Å². The fourth-order valence-electron chi connectivity index (χ4n) is 2.21. The molecule has 0 aliphatic rings. The van der Waals surface area contributed by atoms with Gasteiger partial charge in [0.1, 0.15) is 24.8 Å². The van der Waals surface area contributed by atoms with Gasteiger partial charge in [0.25, 0.3) is 0 Å². The Balaban J connectivity index is 1.52. The number of hydrogen-bond acceptors (Lipinski definition) is 8. The van der Waals surface area contributed by atoms with E-state index < -0.39 is 0 Å². The Morgan fingerprint density at radius 1 is 1.11 bits per heavy atom. The first-order valence-electron chi connectivity index (χ1n) is 8.23. The standard InChI is InChI=1S/C19H20N4O3S/c1-24-17-11-14(12-21-23-19-22-18(20)13-27-19)7-8-16(17)26-10-9-25-15-5-3-2-4-6-15/h2-8,11-13H,9-10,20H2,1H3,(H,22,23). The summed E-state index contributed by atoms with van der Waals surface area (Å²) in [6.45, 7) is 0.850. The molecule has 0 radical (unpaired) electrons. The average molecular weight is 384 g/mol. The molecule has 0 atom stereocenters. The van der Waals surface area contributed by atoms with E-state index in [2.05, 4.69) is 15.5 Å². The van der Waals surface area contributed by atoms with Crippen molar-refractivity contribution in [2.24, 2.45) is 5.10 Å². The first-order chi connectivity index (χ1) is 13.2. The summed E-state index contributed by atoms with van der Waals surface area (Å²) >= 11 is 1.39. The largest absolute Gasteiger partial charge is 0.493 e. The topological polar surface area (TPSA) is 91.0 Å². The number of methoxy groups -OCH3 is 1. The van der Waals surface area contributed by atoms with Crippen LogP contribution in [0.4, 0.5) is 10.9 Å². The second-order valence-electron chi connectivity index (χ2n) is 5.37. The molecular weight excluding hydrogens is 364 g/mol. The number of para-hydroxylation sites is 1. The molecule has 0 fully saturated rings. The number of benzene rings is 2. The molecule has 27 heavy (non-hydrogen) atoms. The zero-order chi connectivity index (χ0) is 18.9. The molecule has 0 spiro atoms. The van der Waals surface area contributed by atoms with Crippen LogP contribution in [-0.2, 0) is 0 Å². The molecule has 1 aromatic heterocycles. The third kappa shape index (κ3) is 5.61. The molecule has 0 aliphatic heterocycles. The molecule has 3 rings (SSSR count). The van der Waals surface area contributed by atoms with Gasteiger partial charge in [-0.2, -0.15) is 5.10 Å². The molecule has 0 saturated carbocycles. The number of hydrogen-bond donors (Lipinski definition) is 2. The van der Waals surface area contributed by atoms with Gasteiger partial charge >= 0.3 is 0 Å². The van der Waals surface area contributed by atoms with E-state index in [0.29, 0.717) is 35.7 Å². The van der Waals surface area contributed by atoms with Crippen molar-refractivity contribution in [1.29, 1.82) is 0 Å². The molecule has 7 nitrogen and oxygen atoms in total. The van der Waals surface area contributed by atoms with E-state index >= 15 is 0 Å². The third-order valence-corrected chi connectivity index (χ3v) is 4.20. The smallest absolute Gasteiger partial charge is 0.205 e. The maximum Gasteiger partial charge on any atom is 0.205 e. The lowest BCUT2D eigenvalue weighted by Gasteiger charge is -2.12. The molecule has 3 aromatic rings. The minimum Gasteiger partial charge on any atom is -0.493 e. The second-order valence-corrected chi connectivity index (χ2v) is 6.23. The highest BCUT2D eigenvalue weighted by Gasteiger charge is 2.05. The summed E-state index contributed by atoms with van der Waals surface area (Å²) in [5.74, 6) is 2.55. The predicted octanol–water partition coefficient (Wildman–Crippen LogP) is 3.64. The first kappa shape index (κ1) is 18.5. The summed E-state index contributed by atoms with van der Waals surface area (Å²) in [7, 11) is 1.60. The Labute approximate surface area is 161 Å². The lowest BCUT2D eigenvalue weighted by Crippen LogP contribution is -2.09. The third-order valence-electron chi connectivity index (χ3n) is 3.44. The Morgan fingerprint density at radius 3 is 2.67 bits per heavy atom. The molecule has 0 saturated heterocycles. The van der Waals surface area contributed by atoms with Gasteiger partial charge < -0.3 is 19.9 Å². The van der Waals surface area contributed by atoms with Crippen LogP contribution in [0.1, 0.15) is 5.56 Å². The number of rotatable bonds is 9. The van der Waals surface area contributed by atoms with E-state index in [1.807, 2.05) is 48.5 Å². The van der Waals surface area contributed by atoms with Crippen molar-refractivity contribution in [2.45, 2.75) is 0 Å². The monoisotopic (exact) mass is 384 g/mol. The molecule has 3 N–H and O–H groups in total. The second kappa shape index (κ2) is 9.44. The van der Waals surface area contributed by atoms with Crippen LogP contribution in [0.25, 0.3) is 0 Å². The predicted molar refractivity (Wildman–Crippen MR) is 108 cm³/mol. The highest BCUT2D eigenvalue weighted by atomic mass is 32.1. The summed E-state index contributed by atoms with van der Waals surface area (Å²) < 4.78 is 16.8. The van der Waals surface area contributed by atoms with Crippen LogP contribution < -0.4 is 25.4 Å². The van der Waals surface area contributed by atoms with Crippen LogP contribution in [-0.4, -0.2) is 31.5 Å². The van der Waals surface area contributed by atoms with Crippen LogP contribution in [0.3, 0.4) is 0 Å². The van der Waals surface area contributed by atoms with E-state index in [0.717, 1.165) is 11.3 Å². The Kier molecular flexibility index (Phi) is 6.48. The summed E-state index contributed by atoms with van der Waals surface area (Å²) in [5.41, 5.74) is 9.26.